The molecule has 0 unspecified atom stereocenters. The van der Waals surface area contributed by atoms with Crippen molar-refractivity contribution in [3.05, 3.63) is 0 Å². The molecule has 84 valence electrons. The van der Waals surface area contributed by atoms with Crippen LogP contribution < -0.4 is 5.32 Å². The molecule has 0 aliphatic carbocycles. The Kier molecular flexibility index (Phi) is 3.42. The quantitative estimate of drug-likeness (QED) is 0.707. The maximum atomic E-state index is 12.6. The van der Waals surface area contributed by atoms with Crippen LogP contribution in [0.4, 0.5) is 13.2 Å². The number of hydrogen-bond donors (Lipinski definition) is 1. The second kappa shape index (κ2) is 4.06. The lowest BCUT2D eigenvalue weighted by Crippen LogP contribution is -2.62. The SMILES string of the molecule is CC(C)N1C[C@H](C)NC[C@@H]1C(F)(F)F. The number of nitrogens with zero attached hydrogens (tertiary/aromatic N) is 1. The minimum Gasteiger partial charge on any atom is -0.311 e. The van der Waals surface area contributed by atoms with Crippen LogP contribution >= 0.6 is 0 Å². The molecule has 1 heterocycles. The number of alkyl halides is 3. The molecule has 0 bridgehead atoms. The summed E-state index contributed by atoms with van der Waals surface area (Å²) in [5.74, 6) is 0. The molecule has 2 nitrogen and oxygen atoms in total. The van der Waals surface area contributed by atoms with Crippen molar-refractivity contribution in [2.24, 2.45) is 0 Å². The van der Waals surface area contributed by atoms with E-state index in [0.717, 1.165) is 0 Å². The lowest BCUT2D eigenvalue weighted by atomic mass is 10.1. The van der Waals surface area contributed by atoms with Gasteiger partial charge in [0.05, 0.1) is 0 Å². The molecule has 1 rings (SSSR count). The number of nitrogens with one attached hydrogen (secondary N) is 1. The van der Waals surface area contributed by atoms with Crippen molar-refractivity contribution >= 4 is 0 Å². The highest BCUT2D eigenvalue weighted by atomic mass is 19.4. The minimum atomic E-state index is -4.13. The normalized spacial score (nSPS) is 31.1. The second-order valence-corrected chi connectivity index (χ2v) is 4.16. The first-order valence-electron chi connectivity index (χ1n) is 4.88. The number of halogens is 3. The van der Waals surface area contributed by atoms with E-state index in [1.54, 1.807) is 13.8 Å². The van der Waals surface area contributed by atoms with Gasteiger partial charge in [-0.3, -0.25) is 4.90 Å². The maximum absolute atomic E-state index is 12.6. The zero-order valence-corrected chi connectivity index (χ0v) is 8.73. The lowest BCUT2D eigenvalue weighted by Gasteiger charge is -2.42. The Balaban J connectivity index is 2.73. The highest BCUT2D eigenvalue weighted by molar-refractivity contribution is 4.90. The molecule has 1 aliphatic heterocycles. The number of hydrogen-bond acceptors (Lipinski definition) is 2. The molecule has 2 atom stereocenters. The summed E-state index contributed by atoms with van der Waals surface area (Å²) in [6, 6.07) is -1.26. The summed E-state index contributed by atoms with van der Waals surface area (Å²) >= 11 is 0. The second-order valence-electron chi connectivity index (χ2n) is 4.16. The average Bonchev–Trinajstić information content (AvgIpc) is 2.01. The van der Waals surface area contributed by atoms with Crippen molar-refractivity contribution in [2.45, 2.75) is 45.1 Å². The van der Waals surface area contributed by atoms with E-state index in [2.05, 4.69) is 5.32 Å². The summed E-state index contributed by atoms with van der Waals surface area (Å²) in [5.41, 5.74) is 0. The summed E-state index contributed by atoms with van der Waals surface area (Å²) in [6.45, 7) is 5.97. The van der Waals surface area contributed by atoms with Crippen molar-refractivity contribution in [3.63, 3.8) is 0 Å². The Morgan fingerprint density at radius 2 is 1.93 bits per heavy atom. The molecule has 5 heteroatoms. The molecule has 1 N–H and O–H groups in total. The summed E-state index contributed by atoms with van der Waals surface area (Å²) in [7, 11) is 0. The van der Waals surface area contributed by atoms with Crippen LogP contribution in [0.1, 0.15) is 20.8 Å². The van der Waals surface area contributed by atoms with Crippen LogP contribution in [0.2, 0.25) is 0 Å². The molecule has 0 radical (unpaired) electrons. The smallest absolute Gasteiger partial charge is 0.311 e. The molecule has 0 amide bonds. The third-order valence-corrected chi connectivity index (χ3v) is 2.59. The van der Waals surface area contributed by atoms with Crippen molar-refractivity contribution in [1.82, 2.24) is 10.2 Å². The number of rotatable bonds is 1. The van der Waals surface area contributed by atoms with E-state index in [1.807, 2.05) is 6.92 Å². The van der Waals surface area contributed by atoms with E-state index >= 15 is 0 Å². The van der Waals surface area contributed by atoms with E-state index in [1.165, 1.54) is 4.90 Å². The monoisotopic (exact) mass is 210 g/mol. The standard InChI is InChI=1S/C9H17F3N2/c1-6(2)14-5-7(3)13-4-8(14)9(10,11)12/h6-8,13H,4-5H2,1-3H3/t7-,8+/m0/s1. The van der Waals surface area contributed by atoms with E-state index in [0.29, 0.717) is 6.54 Å². The maximum Gasteiger partial charge on any atom is 0.405 e. The summed E-state index contributed by atoms with van der Waals surface area (Å²) in [4.78, 5) is 1.52. The fourth-order valence-corrected chi connectivity index (χ4v) is 1.81. The van der Waals surface area contributed by atoms with E-state index in [9.17, 15) is 13.2 Å². The molecule has 1 saturated heterocycles. The van der Waals surface area contributed by atoms with E-state index in [-0.39, 0.29) is 18.6 Å². The summed E-state index contributed by atoms with van der Waals surface area (Å²) in [6.07, 6.45) is -4.13. The predicted octanol–water partition coefficient (Wildman–Crippen LogP) is 1.62. The van der Waals surface area contributed by atoms with Crippen LogP contribution in [0.3, 0.4) is 0 Å². The van der Waals surface area contributed by atoms with Crippen LogP contribution in [0.5, 0.6) is 0 Å². The van der Waals surface area contributed by atoms with Gasteiger partial charge in [0, 0.05) is 25.2 Å². The first-order chi connectivity index (χ1) is 6.32. The summed E-state index contributed by atoms with van der Waals surface area (Å²) in [5, 5.41) is 2.86. The first-order valence-corrected chi connectivity index (χ1v) is 4.88. The van der Waals surface area contributed by atoms with Gasteiger partial charge in [-0.15, -0.1) is 0 Å². The summed E-state index contributed by atoms with van der Waals surface area (Å²) < 4.78 is 37.8. The van der Waals surface area contributed by atoms with Gasteiger partial charge in [-0.2, -0.15) is 13.2 Å². The van der Waals surface area contributed by atoms with Gasteiger partial charge in [0.2, 0.25) is 0 Å². The van der Waals surface area contributed by atoms with Crippen LogP contribution in [-0.4, -0.2) is 42.3 Å². The lowest BCUT2D eigenvalue weighted by molar-refractivity contribution is -0.193. The van der Waals surface area contributed by atoms with Gasteiger partial charge in [0.1, 0.15) is 6.04 Å². The van der Waals surface area contributed by atoms with Gasteiger partial charge in [0.25, 0.3) is 0 Å². The first kappa shape index (κ1) is 11.8. The fraction of sp³-hybridized carbons (Fsp3) is 1.00. The molecule has 0 spiro atoms. The van der Waals surface area contributed by atoms with Gasteiger partial charge < -0.3 is 5.32 Å². The molecule has 14 heavy (non-hydrogen) atoms. The van der Waals surface area contributed by atoms with Crippen molar-refractivity contribution in [2.75, 3.05) is 13.1 Å². The molecule has 0 saturated carbocycles. The van der Waals surface area contributed by atoms with Crippen molar-refractivity contribution in [3.8, 4) is 0 Å². The van der Waals surface area contributed by atoms with Crippen LogP contribution in [0.25, 0.3) is 0 Å². The molecule has 0 aromatic carbocycles. The van der Waals surface area contributed by atoms with Crippen LogP contribution in [0.15, 0.2) is 0 Å². The van der Waals surface area contributed by atoms with Gasteiger partial charge in [-0.25, -0.2) is 0 Å². The van der Waals surface area contributed by atoms with Crippen LogP contribution in [0, 0.1) is 0 Å². The average molecular weight is 210 g/mol. The van der Waals surface area contributed by atoms with Gasteiger partial charge in [0.15, 0.2) is 0 Å². The molecule has 0 aromatic rings. The predicted molar refractivity (Wildman–Crippen MR) is 49.1 cm³/mol. The Labute approximate surface area is 82.5 Å². The Hall–Kier alpha value is -0.290. The Bertz CT molecular complexity index is 191. The topological polar surface area (TPSA) is 15.3 Å². The third kappa shape index (κ3) is 2.60. The van der Waals surface area contributed by atoms with Crippen LogP contribution in [-0.2, 0) is 0 Å². The fourth-order valence-electron chi connectivity index (χ4n) is 1.81. The molecule has 0 aromatic heterocycles. The Morgan fingerprint density at radius 3 is 2.36 bits per heavy atom. The largest absolute Gasteiger partial charge is 0.405 e. The molecular formula is C9H17F3N2. The number of piperazine rings is 1. The highest BCUT2D eigenvalue weighted by Gasteiger charge is 2.46. The van der Waals surface area contributed by atoms with Crippen molar-refractivity contribution in [1.29, 1.82) is 0 Å². The molecule has 1 aliphatic rings. The van der Waals surface area contributed by atoms with Crippen molar-refractivity contribution < 1.29 is 13.2 Å². The molecule has 1 fully saturated rings. The zero-order valence-electron chi connectivity index (χ0n) is 8.73. The molecular weight excluding hydrogens is 193 g/mol. The zero-order chi connectivity index (χ0) is 10.9. The van der Waals surface area contributed by atoms with E-state index < -0.39 is 12.2 Å². The Morgan fingerprint density at radius 1 is 1.36 bits per heavy atom. The highest BCUT2D eigenvalue weighted by Crippen LogP contribution is 2.27. The minimum absolute atomic E-state index is 0.00282. The van der Waals surface area contributed by atoms with Gasteiger partial charge >= 0.3 is 6.18 Å². The third-order valence-electron chi connectivity index (χ3n) is 2.59. The van der Waals surface area contributed by atoms with Gasteiger partial charge in [-0.05, 0) is 20.8 Å². The van der Waals surface area contributed by atoms with E-state index in [4.69, 9.17) is 0 Å². The van der Waals surface area contributed by atoms with Gasteiger partial charge in [-0.1, -0.05) is 0 Å².